The zero-order valence-corrected chi connectivity index (χ0v) is 23.1. The molecule has 5 nitrogen and oxygen atoms in total. The van der Waals surface area contributed by atoms with E-state index in [1.165, 1.54) is 6.07 Å². The summed E-state index contributed by atoms with van der Waals surface area (Å²) in [6.07, 6.45) is 0.430. The second-order valence-corrected chi connectivity index (χ2v) is 10.9. The van der Waals surface area contributed by atoms with Crippen LogP contribution in [-0.4, -0.2) is 18.7 Å². The lowest BCUT2D eigenvalue weighted by molar-refractivity contribution is -0.146. The Bertz CT molecular complexity index is 1480. The van der Waals surface area contributed by atoms with Gasteiger partial charge in [0.25, 0.3) is 0 Å². The molecule has 0 aliphatic heterocycles. The zero-order chi connectivity index (χ0) is 27.6. The molecule has 0 radical (unpaired) electrons. The summed E-state index contributed by atoms with van der Waals surface area (Å²) in [5, 5.41) is 2.86. The van der Waals surface area contributed by atoms with Gasteiger partial charge in [0.1, 0.15) is 6.10 Å². The molecule has 1 unspecified atom stereocenters. The van der Waals surface area contributed by atoms with Crippen LogP contribution in [0.25, 0.3) is 21.6 Å². The molecule has 1 aliphatic rings. The van der Waals surface area contributed by atoms with Gasteiger partial charge in [-0.1, -0.05) is 72.3 Å². The highest BCUT2D eigenvalue weighted by Gasteiger charge is 2.52. The third kappa shape index (κ3) is 5.84. The molecule has 5 rings (SSSR count). The standard InChI is InChI=1S/C31H27ClFNO4S/c1-3-37-29(35)31(16-17-31)24-12-8-22(9-13-24)21-4-6-23(7-5-21)28-26(18-27(33)39-28)34-30(36)38-19(2)20-10-14-25(32)15-11-20/h4-15,18-19H,3,16-17H2,1-2H3,(H,34,36). The molecule has 1 N–H and O–H groups in total. The van der Waals surface area contributed by atoms with Crippen molar-refractivity contribution in [2.45, 2.75) is 38.2 Å². The summed E-state index contributed by atoms with van der Waals surface area (Å²) >= 11 is 6.88. The molecular formula is C31H27ClFNO4S. The van der Waals surface area contributed by atoms with Gasteiger partial charge < -0.3 is 9.47 Å². The molecule has 1 aromatic heterocycles. The molecule has 39 heavy (non-hydrogen) atoms. The number of amides is 1. The number of benzene rings is 3. The van der Waals surface area contributed by atoms with Crippen molar-refractivity contribution in [3.63, 3.8) is 0 Å². The lowest BCUT2D eigenvalue weighted by atomic mass is 9.93. The van der Waals surface area contributed by atoms with E-state index >= 15 is 0 Å². The highest BCUT2D eigenvalue weighted by Crippen LogP contribution is 2.49. The number of hydrogen-bond donors (Lipinski definition) is 1. The topological polar surface area (TPSA) is 64.6 Å². The number of nitrogens with one attached hydrogen (secondary N) is 1. The predicted octanol–water partition coefficient (Wildman–Crippen LogP) is 8.78. The van der Waals surface area contributed by atoms with Crippen LogP contribution in [0.4, 0.5) is 14.9 Å². The van der Waals surface area contributed by atoms with E-state index in [9.17, 15) is 14.0 Å². The fourth-order valence-electron chi connectivity index (χ4n) is 4.57. The summed E-state index contributed by atoms with van der Waals surface area (Å²) in [4.78, 5) is 25.6. The monoisotopic (exact) mass is 563 g/mol. The van der Waals surface area contributed by atoms with Gasteiger partial charge in [-0.15, -0.1) is 11.3 Å². The number of hydrogen-bond acceptors (Lipinski definition) is 5. The first-order valence-corrected chi connectivity index (χ1v) is 13.9. The Morgan fingerprint density at radius 3 is 2.15 bits per heavy atom. The van der Waals surface area contributed by atoms with Crippen LogP contribution in [0.2, 0.25) is 5.02 Å². The molecule has 0 bridgehead atoms. The number of esters is 1. The van der Waals surface area contributed by atoms with E-state index in [2.05, 4.69) is 5.32 Å². The van der Waals surface area contributed by atoms with Gasteiger partial charge in [-0.2, -0.15) is 4.39 Å². The van der Waals surface area contributed by atoms with E-state index in [-0.39, 0.29) is 5.97 Å². The Morgan fingerprint density at radius 2 is 1.56 bits per heavy atom. The number of rotatable bonds is 8. The van der Waals surface area contributed by atoms with Gasteiger partial charge in [0.2, 0.25) is 0 Å². The van der Waals surface area contributed by atoms with Gasteiger partial charge in [0.15, 0.2) is 5.13 Å². The van der Waals surface area contributed by atoms with Crippen LogP contribution in [0.15, 0.2) is 78.9 Å². The Labute approximate surface area is 235 Å². The third-order valence-corrected chi connectivity index (χ3v) is 8.12. The van der Waals surface area contributed by atoms with Crippen LogP contribution >= 0.6 is 22.9 Å². The minimum absolute atomic E-state index is 0.155. The van der Waals surface area contributed by atoms with Crippen LogP contribution < -0.4 is 5.32 Å². The summed E-state index contributed by atoms with van der Waals surface area (Å²) in [6.45, 7) is 3.95. The normalized spacial score (nSPS) is 14.4. The Morgan fingerprint density at radius 1 is 0.974 bits per heavy atom. The second-order valence-electron chi connectivity index (χ2n) is 9.47. The molecule has 1 heterocycles. The molecule has 1 amide bonds. The number of carbonyl (C=O) groups is 2. The first-order chi connectivity index (χ1) is 18.8. The van der Waals surface area contributed by atoms with Crippen molar-refractivity contribution in [2.75, 3.05) is 11.9 Å². The molecule has 200 valence electrons. The summed E-state index contributed by atoms with van der Waals surface area (Å²) in [5.41, 5.74) is 4.36. The van der Waals surface area contributed by atoms with E-state index < -0.39 is 22.7 Å². The van der Waals surface area contributed by atoms with Crippen molar-refractivity contribution in [1.82, 2.24) is 0 Å². The van der Waals surface area contributed by atoms with Crippen LogP contribution in [0.3, 0.4) is 0 Å². The Hall–Kier alpha value is -3.68. The van der Waals surface area contributed by atoms with Gasteiger partial charge in [0, 0.05) is 11.1 Å². The van der Waals surface area contributed by atoms with Gasteiger partial charge in [-0.3, -0.25) is 10.1 Å². The highest BCUT2D eigenvalue weighted by molar-refractivity contribution is 7.14. The summed E-state index contributed by atoms with van der Waals surface area (Å²) in [7, 11) is 0. The van der Waals surface area contributed by atoms with Gasteiger partial charge >= 0.3 is 12.1 Å². The van der Waals surface area contributed by atoms with Crippen LogP contribution in [-0.2, 0) is 19.7 Å². The van der Waals surface area contributed by atoms with E-state index in [1.54, 1.807) is 31.2 Å². The zero-order valence-electron chi connectivity index (χ0n) is 21.5. The molecule has 1 fully saturated rings. The molecule has 1 atom stereocenters. The van der Waals surface area contributed by atoms with Crippen molar-refractivity contribution in [1.29, 1.82) is 0 Å². The van der Waals surface area contributed by atoms with Crippen LogP contribution in [0.5, 0.6) is 0 Å². The number of anilines is 1. The molecule has 4 aromatic rings. The van der Waals surface area contributed by atoms with Crippen molar-refractivity contribution in [3.05, 3.63) is 100 Å². The van der Waals surface area contributed by atoms with E-state index in [0.717, 1.165) is 52.0 Å². The number of ether oxygens (including phenoxy) is 2. The minimum atomic E-state index is -0.676. The number of carbonyl (C=O) groups excluding carboxylic acids is 2. The molecule has 3 aromatic carbocycles. The number of halogens is 2. The van der Waals surface area contributed by atoms with Gasteiger partial charge in [-0.05, 0) is 66.6 Å². The maximum absolute atomic E-state index is 14.3. The quantitative estimate of drug-likeness (QED) is 0.218. The smallest absolute Gasteiger partial charge is 0.412 e. The first kappa shape index (κ1) is 26.9. The molecule has 0 spiro atoms. The average Bonchev–Trinajstić information content (AvgIpc) is 3.67. The second kappa shape index (κ2) is 11.2. The van der Waals surface area contributed by atoms with Crippen molar-refractivity contribution < 1.29 is 23.5 Å². The summed E-state index contributed by atoms with van der Waals surface area (Å²) in [5.74, 6) is -0.155. The van der Waals surface area contributed by atoms with Crippen molar-refractivity contribution in [2.24, 2.45) is 0 Å². The van der Waals surface area contributed by atoms with E-state index in [1.807, 2.05) is 55.5 Å². The largest absolute Gasteiger partial charge is 0.465 e. The average molecular weight is 564 g/mol. The van der Waals surface area contributed by atoms with E-state index in [0.29, 0.717) is 22.2 Å². The molecule has 1 saturated carbocycles. The molecule has 8 heteroatoms. The van der Waals surface area contributed by atoms with E-state index in [4.69, 9.17) is 21.1 Å². The molecular weight excluding hydrogens is 537 g/mol. The molecule has 1 aliphatic carbocycles. The highest BCUT2D eigenvalue weighted by atomic mass is 35.5. The van der Waals surface area contributed by atoms with Crippen LogP contribution in [0, 0.1) is 5.13 Å². The summed E-state index contributed by atoms with van der Waals surface area (Å²) in [6, 6.07) is 24.0. The molecule has 0 saturated heterocycles. The fraction of sp³-hybridized carbons (Fsp3) is 0.226. The maximum atomic E-state index is 14.3. The first-order valence-electron chi connectivity index (χ1n) is 12.7. The number of thiophene rings is 1. The van der Waals surface area contributed by atoms with Crippen molar-refractivity contribution >= 4 is 40.7 Å². The summed E-state index contributed by atoms with van der Waals surface area (Å²) < 4.78 is 25.0. The minimum Gasteiger partial charge on any atom is -0.465 e. The van der Waals surface area contributed by atoms with Crippen molar-refractivity contribution in [3.8, 4) is 21.6 Å². The lowest BCUT2D eigenvalue weighted by Gasteiger charge is -2.15. The SMILES string of the molecule is CCOC(=O)C1(c2ccc(-c3ccc(-c4sc(F)cc4NC(=O)OC(C)c4ccc(Cl)cc4)cc3)cc2)CC1. The Kier molecular flexibility index (Phi) is 7.73. The maximum Gasteiger partial charge on any atom is 0.412 e. The third-order valence-electron chi connectivity index (χ3n) is 6.90. The Balaban J connectivity index is 1.28. The van der Waals surface area contributed by atoms with Gasteiger partial charge in [0.05, 0.1) is 22.6 Å². The van der Waals surface area contributed by atoms with Gasteiger partial charge in [-0.25, -0.2) is 4.79 Å². The predicted molar refractivity (Wildman–Crippen MR) is 153 cm³/mol. The van der Waals surface area contributed by atoms with Crippen LogP contribution in [0.1, 0.15) is 43.9 Å². The fourth-order valence-corrected chi connectivity index (χ4v) is 5.54. The lowest BCUT2D eigenvalue weighted by Crippen LogP contribution is -2.23.